The van der Waals surface area contributed by atoms with Gasteiger partial charge in [-0.25, -0.2) is 0 Å². The third-order valence-corrected chi connectivity index (χ3v) is 3.11. The molecule has 0 saturated heterocycles. The van der Waals surface area contributed by atoms with Gasteiger partial charge in [0.2, 0.25) is 0 Å². The van der Waals surface area contributed by atoms with E-state index in [4.69, 9.17) is 4.55 Å². The smallest absolute Gasteiger partial charge is 0.282 e. The monoisotopic (exact) mass is 222 g/mol. The van der Waals surface area contributed by atoms with Crippen LogP contribution >= 0.6 is 0 Å². The Labute approximate surface area is 88.1 Å². The van der Waals surface area contributed by atoms with E-state index < -0.39 is 10.1 Å². The molecule has 0 aliphatic carbocycles. The van der Waals surface area contributed by atoms with Crippen molar-refractivity contribution in [1.29, 1.82) is 0 Å². The van der Waals surface area contributed by atoms with Crippen LogP contribution in [0.25, 0.3) is 10.8 Å². The summed E-state index contributed by atoms with van der Waals surface area (Å²) in [4.78, 5) is -0.0705. The van der Waals surface area contributed by atoms with E-state index in [0.717, 1.165) is 16.3 Å². The molecule has 2 aromatic carbocycles. The zero-order valence-corrected chi connectivity index (χ0v) is 8.95. The third-order valence-electron chi connectivity index (χ3n) is 2.27. The van der Waals surface area contributed by atoms with Gasteiger partial charge in [-0.15, -0.1) is 0 Å². The molecule has 1 N–H and O–H groups in total. The van der Waals surface area contributed by atoms with E-state index >= 15 is 0 Å². The minimum Gasteiger partial charge on any atom is -0.282 e. The van der Waals surface area contributed by atoms with E-state index in [9.17, 15) is 8.42 Å². The molecule has 3 nitrogen and oxygen atoms in total. The molecule has 0 spiro atoms. The van der Waals surface area contributed by atoms with Crippen LogP contribution < -0.4 is 0 Å². The summed E-state index contributed by atoms with van der Waals surface area (Å²) < 4.78 is 30.7. The van der Waals surface area contributed by atoms with Crippen molar-refractivity contribution in [2.24, 2.45) is 0 Å². The summed E-state index contributed by atoms with van der Waals surface area (Å²) in [7, 11) is -4.10. The topological polar surface area (TPSA) is 54.4 Å². The van der Waals surface area contributed by atoms with Crippen molar-refractivity contribution in [2.75, 3.05) is 0 Å². The molecule has 2 aromatic rings. The van der Waals surface area contributed by atoms with Crippen LogP contribution in [0.3, 0.4) is 0 Å². The molecule has 0 radical (unpaired) electrons. The summed E-state index contributed by atoms with van der Waals surface area (Å²) >= 11 is 0. The summed E-state index contributed by atoms with van der Waals surface area (Å²) in [5, 5.41) is 1.76. The lowest BCUT2D eigenvalue weighted by molar-refractivity contribution is 0.483. The van der Waals surface area contributed by atoms with E-state index in [-0.39, 0.29) is 4.90 Å². The minimum absolute atomic E-state index is 0.0705. The molecule has 0 aromatic heterocycles. The van der Waals surface area contributed by atoms with Crippen LogP contribution in [-0.2, 0) is 10.1 Å². The number of fused-ring (bicyclic) bond motifs is 1. The number of benzene rings is 2. The van der Waals surface area contributed by atoms with Crippen molar-refractivity contribution < 1.29 is 13.0 Å². The summed E-state index contributed by atoms with van der Waals surface area (Å²) in [5.74, 6) is 0. The van der Waals surface area contributed by atoms with Crippen LogP contribution in [0, 0.1) is 6.92 Å². The van der Waals surface area contributed by atoms with Crippen molar-refractivity contribution >= 4 is 20.9 Å². The Morgan fingerprint density at radius 1 is 1.00 bits per heavy atom. The van der Waals surface area contributed by atoms with Crippen LogP contribution in [0.15, 0.2) is 41.3 Å². The molecule has 0 amide bonds. The first-order valence-electron chi connectivity index (χ1n) is 4.45. The van der Waals surface area contributed by atoms with Crippen molar-refractivity contribution in [2.45, 2.75) is 11.8 Å². The molecular weight excluding hydrogens is 212 g/mol. The lowest BCUT2D eigenvalue weighted by Gasteiger charge is -2.01. The summed E-state index contributed by atoms with van der Waals surface area (Å²) in [5.41, 5.74) is 1.11. The quantitative estimate of drug-likeness (QED) is 0.754. The van der Waals surface area contributed by atoms with E-state index in [0.29, 0.717) is 0 Å². The molecular formula is C11H10O3S. The van der Waals surface area contributed by atoms with Gasteiger partial charge < -0.3 is 0 Å². The SMILES string of the molecule is Cc1ccc2cc(S(=O)(=O)O)ccc2c1. The second-order valence-corrected chi connectivity index (χ2v) is 4.91. The first-order chi connectivity index (χ1) is 6.97. The lowest BCUT2D eigenvalue weighted by atomic mass is 10.1. The molecule has 0 saturated carbocycles. The van der Waals surface area contributed by atoms with Gasteiger partial charge in [0.1, 0.15) is 0 Å². The fraction of sp³-hybridized carbons (Fsp3) is 0.0909. The van der Waals surface area contributed by atoms with Crippen molar-refractivity contribution in [1.82, 2.24) is 0 Å². The predicted molar refractivity (Wildman–Crippen MR) is 58.5 cm³/mol. The maximum Gasteiger partial charge on any atom is 0.294 e. The van der Waals surface area contributed by atoms with Gasteiger partial charge in [0.15, 0.2) is 0 Å². The molecule has 0 fully saturated rings. The Bertz CT molecular complexity index is 615. The first kappa shape index (κ1) is 10.1. The zero-order valence-electron chi connectivity index (χ0n) is 8.14. The van der Waals surface area contributed by atoms with Crippen LogP contribution in [0.2, 0.25) is 0 Å². The zero-order chi connectivity index (χ0) is 11.1. The van der Waals surface area contributed by atoms with Gasteiger partial charge in [0.05, 0.1) is 4.90 Å². The highest BCUT2D eigenvalue weighted by molar-refractivity contribution is 7.85. The molecule has 0 unspecified atom stereocenters. The average Bonchev–Trinajstić information content (AvgIpc) is 2.15. The van der Waals surface area contributed by atoms with Crippen LogP contribution in [0.1, 0.15) is 5.56 Å². The summed E-state index contributed by atoms with van der Waals surface area (Å²) in [6, 6.07) is 10.2. The van der Waals surface area contributed by atoms with E-state index in [1.807, 2.05) is 25.1 Å². The molecule has 0 aliphatic rings. The Hall–Kier alpha value is -1.39. The highest BCUT2D eigenvalue weighted by Gasteiger charge is 2.09. The van der Waals surface area contributed by atoms with Gasteiger partial charge in [-0.2, -0.15) is 8.42 Å². The van der Waals surface area contributed by atoms with Gasteiger partial charge in [-0.05, 0) is 29.8 Å². The normalized spacial score (nSPS) is 11.9. The van der Waals surface area contributed by atoms with Crippen LogP contribution in [0.5, 0.6) is 0 Å². The van der Waals surface area contributed by atoms with Gasteiger partial charge in [0.25, 0.3) is 10.1 Å². The second kappa shape index (κ2) is 3.32. The summed E-state index contributed by atoms with van der Waals surface area (Å²) in [6.07, 6.45) is 0. The molecule has 0 aliphatic heterocycles. The number of aryl methyl sites for hydroxylation is 1. The maximum atomic E-state index is 10.9. The number of rotatable bonds is 1. The van der Waals surface area contributed by atoms with E-state index in [1.54, 1.807) is 6.07 Å². The number of hydrogen-bond donors (Lipinski definition) is 1. The van der Waals surface area contributed by atoms with Crippen molar-refractivity contribution in [3.63, 3.8) is 0 Å². The highest BCUT2D eigenvalue weighted by Crippen LogP contribution is 2.20. The lowest BCUT2D eigenvalue weighted by Crippen LogP contribution is -1.97. The molecule has 0 bridgehead atoms. The minimum atomic E-state index is -4.10. The molecule has 0 atom stereocenters. The van der Waals surface area contributed by atoms with Gasteiger partial charge in [-0.1, -0.05) is 29.8 Å². The van der Waals surface area contributed by atoms with Gasteiger partial charge in [-0.3, -0.25) is 4.55 Å². The van der Waals surface area contributed by atoms with E-state index in [1.165, 1.54) is 12.1 Å². The Kier molecular flexibility index (Phi) is 2.25. The molecule has 0 heterocycles. The molecule has 4 heteroatoms. The molecule has 2 rings (SSSR count). The van der Waals surface area contributed by atoms with Crippen LogP contribution in [-0.4, -0.2) is 13.0 Å². The fourth-order valence-electron chi connectivity index (χ4n) is 1.50. The molecule has 15 heavy (non-hydrogen) atoms. The predicted octanol–water partition coefficient (Wildman–Crippen LogP) is 2.39. The number of hydrogen-bond acceptors (Lipinski definition) is 2. The first-order valence-corrected chi connectivity index (χ1v) is 5.89. The second-order valence-electron chi connectivity index (χ2n) is 3.49. The van der Waals surface area contributed by atoms with E-state index in [2.05, 4.69) is 0 Å². The van der Waals surface area contributed by atoms with Crippen molar-refractivity contribution in [3.8, 4) is 0 Å². The average molecular weight is 222 g/mol. The van der Waals surface area contributed by atoms with Gasteiger partial charge >= 0.3 is 0 Å². The largest absolute Gasteiger partial charge is 0.294 e. The Morgan fingerprint density at radius 2 is 1.60 bits per heavy atom. The summed E-state index contributed by atoms with van der Waals surface area (Å²) in [6.45, 7) is 1.97. The third kappa shape index (κ3) is 2.00. The standard InChI is InChI=1S/C11H10O3S/c1-8-2-3-10-7-11(15(12,13)14)5-4-9(10)6-8/h2-7H,1H3,(H,12,13,14). The van der Waals surface area contributed by atoms with Crippen molar-refractivity contribution in [3.05, 3.63) is 42.0 Å². The fourth-order valence-corrected chi connectivity index (χ4v) is 2.02. The van der Waals surface area contributed by atoms with Gasteiger partial charge in [0, 0.05) is 0 Å². The Balaban J connectivity index is 2.73. The van der Waals surface area contributed by atoms with Crippen LogP contribution in [0.4, 0.5) is 0 Å². The Morgan fingerprint density at radius 3 is 2.27 bits per heavy atom. The maximum absolute atomic E-state index is 10.9. The molecule has 78 valence electrons. The highest BCUT2D eigenvalue weighted by atomic mass is 32.2.